The highest BCUT2D eigenvalue weighted by Gasteiger charge is 2.34. The number of rotatable bonds is 4. The number of hydrogen-bond donors (Lipinski definition) is 1. The summed E-state index contributed by atoms with van der Waals surface area (Å²) >= 11 is 0. The first-order valence-electron chi connectivity index (χ1n) is 6.53. The van der Waals surface area contributed by atoms with Crippen molar-refractivity contribution in [3.63, 3.8) is 0 Å². The topological polar surface area (TPSA) is 20.2 Å². The molecular weight excluding hydrogens is 253 g/mol. The van der Waals surface area contributed by atoms with Gasteiger partial charge >= 0.3 is 6.18 Å². The Kier molecular flexibility index (Phi) is 4.88. The van der Waals surface area contributed by atoms with Gasteiger partial charge in [-0.25, -0.2) is 0 Å². The van der Waals surface area contributed by atoms with Crippen molar-refractivity contribution in [3.05, 3.63) is 29.3 Å². The van der Waals surface area contributed by atoms with Crippen LogP contribution in [0.5, 0.6) is 5.75 Å². The molecule has 0 saturated heterocycles. The second-order valence-corrected chi connectivity index (χ2v) is 5.75. The van der Waals surface area contributed by atoms with Crippen molar-refractivity contribution in [1.82, 2.24) is 0 Å². The molecule has 19 heavy (non-hydrogen) atoms. The number of benzene rings is 1. The van der Waals surface area contributed by atoms with Gasteiger partial charge in [0, 0.05) is 0 Å². The van der Waals surface area contributed by atoms with Gasteiger partial charge in [-0.3, -0.25) is 0 Å². The maximum Gasteiger partial charge on any atom is 0.419 e. The van der Waals surface area contributed by atoms with Crippen LogP contribution in [0.2, 0.25) is 0 Å². The van der Waals surface area contributed by atoms with Crippen LogP contribution in [0.25, 0.3) is 0 Å². The standard InChI is InChI=1S/C15H21F3O/c1-9(2)7-12(10(3)4)11-5-6-14(19)13(8-11)15(16,17)18/h5-6,8-10,12,19H,7H2,1-4H3. The molecule has 1 rings (SSSR count). The summed E-state index contributed by atoms with van der Waals surface area (Å²) in [6.45, 7) is 8.13. The average molecular weight is 274 g/mol. The fraction of sp³-hybridized carbons (Fsp3) is 0.600. The van der Waals surface area contributed by atoms with Crippen LogP contribution in [0.3, 0.4) is 0 Å². The smallest absolute Gasteiger partial charge is 0.419 e. The Morgan fingerprint density at radius 2 is 1.68 bits per heavy atom. The molecule has 0 radical (unpaired) electrons. The third-order valence-electron chi connectivity index (χ3n) is 3.28. The lowest BCUT2D eigenvalue weighted by atomic mass is 9.81. The second-order valence-electron chi connectivity index (χ2n) is 5.75. The van der Waals surface area contributed by atoms with E-state index in [0.29, 0.717) is 11.5 Å². The van der Waals surface area contributed by atoms with Crippen LogP contribution in [0.4, 0.5) is 13.2 Å². The molecule has 0 aliphatic heterocycles. The Labute approximate surface area is 112 Å². The first-order chi connectivity index (χ1) is 8.62. The molecule has 108 valence electrons. The Morgan fingerprint density at radius 1 is 1.11 bits per heavy atom. The van der Waals surface area contributed by atoms with E-state index in [9.17, 15) is 18.3 Å². The van der Waals surface area contributed by atoms with Crippen molar-refractivity contribution in [3.8, 4) is 5.75 Å². The molecule has 0 bridgehead atoms. The summed E-state index contributed by atoms with van der Waals surface area (Å²) in [6, 6.07) is 3.83. The molecule has 1 nitrogen and oxygen atoms in total. The number of hydrogen-bond acceptors (Lipinski definition) is 1. The molecule has 0 saturated carbocycles. The minimum Gasteiger partial charge on any atom is -0.507 e. The lowest BCUT2D eigenvalue weighted by molar-refractivity contribution is -0.138. The van der Waals surface area contributed by atoms with Crippen LogP contribution in [0.15, 0.2) is 18.2 Å². The van der Waals surface area contributed by atoms with E-state index in [1.807, 2.05) is 13.8 Å². The van der Waals surface area contributed by atoms with Crippen LogP contribution in [0.1, 0.15) is 51.2 Å². The molecule has 0 aliphatic carbocycles. The first kappa shape index (κ1) is 15.9. The SMILES string of the molecule is CC(C)CC(c1ccc(O)c(C(F)(F)F)c1)C(C)C. The van der Waals surface area contributed by atoms with Gasteiger partial charge in [0.15, 0.2) is 0 Å². The van der Waals surface area contributed by atoms with Crippen molar-refractivity contribution in [1.29, 1.82) is 0 Å². The molecule has 1 aromatic rings. The lowest BCUT2D eigenvalue weighted by Gasteiger charge is -2.24. The van der Waals surface area contributed by atoms with E-state index < -0.39 is 17.5 Å². The summed E-state index contributed by atoms with van der Waals surface area (Å²) in [5.41, 5.74) is -0.298. The number of aromatic hydroxyl groups is 1. The highest BCUT2D eigenvalue weighted by molar-refractivity contribution is 5.39. The Balaban J connectivity index is 3.18. The molecule has 0 fully saturated rings. The van der Waals surface area contributed by atoms with Crippen molar-refractivity contribution in [2.75, 3.05) is 0 Å². The van der Waals surface area contributed by atoms with E-state index in [2.05, 4.69) is 13.8 Å². The van der Waals surface area contributed by atoms with E-state index >= 15 is 0 Å². The summed E-state index contributed by atoms with van der Waals surface area (Å²) in [6.07, 6.45) is -3.68. The average Bonchev–Trinajstić information content (AvgIpc) is 2.24. The molecule has 1 unspecified atom stereocenters. The number of alkyl halides is 3. The fourth-order valence-corrected chi connectivity index (χ4v) is 2.31. The monoisotopic (exact) mass is 274 g/mol. The largest absolute Gasteiger partial charge is 0.507 e. The molecule has 0 spiro atoms. The van der Waals surface area contributed by atoms with Crippen LogP contribution in [-0.4, -0.2) is 5.11 Å². The number of phenols is 1. The summed E-state index contributed by atoms with van der Waals surface area (Å²) in [4.78, 5) is 0. The van der Waals surface area contributed by atoms with Crippen molar-refractivity contribution in [2.45, 2.75) is 46.2 Å². The zero-order chi connectivity index (χ0) is 14.8. The van der Waals surface area contributed by atoms with Gasteiger partial charge in [-0.15, -0.1) is 0 Å². The minimum absolute atomic E-state index is 0.0710. The van der Waals surface area contributed by atoms with E-state index in [-0.39, 0.29) is 11.8 Å². The van der Waals surface area contributed by atoms with E-state index in [0.717, 1.165) is 18.6 Å². The summed E-state index contributed by atoms with van der Waals surface area (Å²) in [5, 5.41) is 9.35. The van der Waals surface area contributed by atoms with Gasteiger partial charge in [-0.2, -0.15) is 13.2 Å². The van der Waals surface area contributed by atoms with Gasteiger partial charge in [-0.1, -0.05) is 33.8 Å². The van der Waals surface area contributed by atoms with E-state index in [1.165, 1.54) is 0 Å². The fourth-order valence-electron chi connectivity index (χ4n) is 2.31. The predicted molar refractivity (Wildman–Crippen MR) is 70.1 cm³/mol. The quantitative estimate of drug-likeness (QED) is 0.800. The second kappa shape index (κ2) is 5.85. The molecule has 0 heterocycles. The zero-order valence-electron chi connectivity index (χ0n) is 11.8. The van der Waals surface area contributed by atoms with Crippen LogP contribution < -0.4 is 0 Å². The van der Waals surface area contributed by atoms with Crippen molar-refractivity contribution in [2.24, 2.45) is 11.8 Å². The highest BCUT2D eigenvalue weighted by atomic mass is 19.4. The molecule has 1 atom stereocenters. The predicted octanol–water partition coefficient (Wildman–Crippen LogP) is 5.20. The zero-order valence-corrected chi connectivity index (χ0v) is 11.8. The summed E-state index contributed by atoms with van der Waals surface area (Å²) in [7, 11) is 0. The summed E-state index contributed by atoms with van der Waals surface area (Å²) < 4.78 is 38.4. The Morgan fingerprint density at radius 3 is 2.11 bits per heavy atom. The molecule has 0 amide bonds. The highest BCUT2D eigenvalue weighted by Crippen LogP contribution is 2.39. The van der Waals surface area contributed by atoms with Crippen LogP contribution >= 0.6 is 0 Å². The third kappa shape index (κ3) is 4.15. The van der Waals surface area contributed by atoms with Crippen LogP contribution in [-0.2, 0) is 6.18 Å². The van der Waals surface area contributed by atoms with Crippen LogP contribution in [0, 0.1) is 11.8 Å². The minimum atomic E-state index is -4.51. The van der Waals surface area contributed by atoms with Gasteiger partial charge in [0.1, 0.15) is 5.75 Å². The van der Waals surface area contributed by atoms with Crippen molar-refractivity contribution >= 4 is 0 Å². The normalized spacial score (nSPS) is 14.2. The molecule has 0 aliphatic rings. The van der Waals surface area contributed by atoms with Gasteiger partial charge in [-0.05, 0) is 41.9 Å². The van der Waals surface area contributed by atoms with Crippen molar-refractivity contribution < 1.29 is 18.3 Å². The molecular formula is C15H21F3O. The summed E-state index contributed by atoms with van der Waals surface area (Å²) in [5.74, 6) is 0.0357. The Hall–Kier alpha value is -1.19. The van der Waals surface area contributed by atoms with Gasteiger partial charge in [0.2, 0.25) is 0 Å². The molecule has 1 aromatic carbocycles. The Bertz CT molecular complexity index is 422. The molecule has 4 heteroatoms. The maximum atomic E-state index is 12.8. The van der Waals surface area contributed by atoms with Gasteiger partial charge in [0.25, 0.3) is 0 Å². The first-order valence-corrected chi connectivity index (χ1v) is 6.53. The number of phenolic OH excluding ortho intramolecular Hbond substituents is 1. The molecule has 1 N–H and O–H groups in total. The lowest BCUT2D eigenvalue weighted by Crippen LogP contribution is -2.12. The third-order valence-corrected chi connectivity index (χ3v) is 3.28. The van der Waals surface area contributed by atoms with Gasteiger partial charge < -0.3 is 5.11 Å². The molecule has 0 aromatic heterocycles. The number of halogens is 3. The van der Waals surface area contributed by atoms with E-state index in [4.69, 9.17) is 0 Å². The van der Waals surface area contributed by atoms with Gasteiger partial charge in [0.05, 0.1) is 5.56 Å². The van der Waals surface area contributed by atoms with E-state index in [1.54, 1.807) is 6.07 Å². The maximum absolute atomic E-state index is 12.8.